The topological polar surface area (TPSA) is 82.9 Å². The van der Waals surface area contributed by atoms with Crippen molar-refractivity contribution < 1.29 is 17.6 Å². The van der Waals surface area contributed by atoms with E-state index in [9.17, 15) is 13.2 Å². The summed E-state index contributed by atoms with van der Waals surface area (Å²) in [5, 5.41) is 2.87. The zero-order chi connectivity index (χ0) is 18.6. The molecular weight excluding hydrogens is 354 g/mol. The Morgan fingerprint density at radius 3 is 2.50 bits per heavy atom. The van der Waals surface area contributed by atoms with Crippen molar-refractivity contribution in [2.75, 3.05) is 42.7 Å². The SMILES string of the molecule is CS(=O)(=O)N1CCN(c2ccccc2NC(=O)/C=C/c2ccco2)CC1. The molecule has 0 bridgehead atoms. The van der Waals surface area contributed by atoms with Gasteiger partial charge >= 0.3 is 0 Å². The van der Waals surface area contributed by atoms with Crippen LogP contribution in [0, 0.1) is 0 Å². The second-order valence-corrected chi connectivity index (χ2v) is 7.99. The number of carbonyl (C=O) groups is 1. The highest BCUT2D eigenvalue weighted by Gasteiger charge is 2.24. The van der Waals surface area contributed by atoms with Crippen LogP contribution >= 0.6 is 0 Å². The highest BCUT2D eigenvalue weighted by molar-refractivity contribution is 7.88. The van der Waals surface area contributed by atoms with Crippen molar-refractivity contribution in [3.8, 4) is 0 Å². The molecule has 0 aliphatic carbocycles. The van der Waals surface area contributed by atoms with Gasteiger partial charge in [-0.05, 0) is 30.3 Å². The van der Waals surface area contributed by atoms with Crippen molar-refractivity contribution in [1.29, 1.82) is 0 Å². The van der Waals surface area contributed by atoms with Crippen LogP contribution in [0.1, 0.15) is 5.76 Å². The van der Waals surface area contributed by atoms with E-state index in [1.807, 2.05) is 24.3 Å². The first-order valence-electron chi connectivity index (χ1n) is 8.25. The number of amides is 1. The number of sulfonamides is 1. The van der Waals surface area contributed by atoms with E-state index in [1.54, 1.807) is 24.5 Å². The summed E-state index contributed by atoms with van der Waals surface area (Å²) in [5.74, 6) is 0.342. The number of nitrogens with one attached hydrogen (secondary N) is 1. The minimum Gasteiger partial charge on any atom is -0.465 e. The molecule has 1 saturated heterocycles. The molecule has 1 aromatic carbocycles. The molecule has 1 aromatic heterocycles. The fraction of sp³-hybridized carbons (Fsp3) is 0.278. The maximum Gasteiger partial charge on any atom is 0.248 e. The summed E-state index contributed by atoms with van der Waals surface area (Å²) in [6.07, 6.45) is 5.78. The second-order valence-electron chi connectivity index (χ2n) is 6.00. The number of hydrogen-bond acceptors (Lipinski definition) is 5. The van der Waals surface area contributed by atoms with E-state index < -0.39 is 10.0 Å². The van der Waals surface area contributed by atoms with E-state index in [-0.39, 0.29) is 5.91 Å². The lowest BCUT2D eigenvalue weighted by molar-refractivity contribution is -0.111. The highest BCUT2D eigenvalue weighted by atomic mass is 32.2. The average molecular weight is 375 g/mol. The monoisotopic (exact) mass is 375 g/mol. The standard InChI is InChI=1S/C18H21N3O4S/c1-26(23,24)21-12-10-20(11-13-21)17-7-3-2-6-16(17)19-18(22)9-8-15-5-4-14-25-15/h2-9,14H,10-13H2,1H3,(H,19,22)/b9-8+. The summed E-state index contributed by atoms with van der Waals surface area (Å²) in [4.78, 5) is 14.3. The van der Waals surface area contributed by atoms with E-state index >= 15 is 0 Å². The third kappa shape index (κ3) is 4.53. The molecule has 2 heterocycles. The molecule has 0 atom stereocenters. The first-order chi connectivity index (χ1) is 12.4. The van der Waals surface area contributed by atoms with Gasteiger partial charge in [-0.1, -0.05) is 12.1 Å². The van der Waals surface area contributed by atoms with Crippen LogP contribution in [0.2, 0.25) is 0 Å². The van der Waals surface area contributed by atoms with Crippen molar-refractivity contribution in [3.63, 3.8) is 0 Å². The van der Waals surface area contributed by atoms with E-state index in [2.05, 4.69) is 10.2 Å². The van der Waals surface area contributed by atoms with Gasteiger partial charge in [-0.15, -0.1) is 0 Å². The molecule has 1 aliphatic rings. The molecule has 0 saturated carbocycles. The van der Waals surface area contributed by atoms with Gasteiger partial charge in [0.25, 0.3) is 0 Å². The molecule has 1 aliphatic heterocycles. The Hall–Kier alpha value is -2.58. The summed E-state index contributed by atoms with van der Waals surface area (Å²) in [6, 6.07) is 11.0. The van der Waals surface area contributed by atoms with Crippen LogP contribution in [0.5, 0.6) is 0 Å². The van der Waals surface area contributed by atoms with Crippen LogP contribution in [0.3, 0.4) is 0 Å². The molecule has 1 fully saturated rings. The number of hydrogen-bond donors (Lipinski definition) is 1. The Morgan fingerprint density at radius 1 is 1.12 bits per heavy atom. The maximum atomic E-state index is 12.2. The molecule has 1 N–H and O–H groups in total. The quantitative estimate of drug-likeness (QED) is 0.809. The van der Waals surface area contributed by atoms with Crippen LogP contribution in [0.15, 0.2) is 53.2 Å². The number of nitrogens with zero attached hydrogens (tertiary/aromatic N) is 2. The van der Waals surface area contributed by atoms with Crippen molar-refractivity contribution >= 4 is 33.4 Å². The van der Waals surface area contributed by atoms with Gasteiger partial charge in [0.15, 0.2) is 0 Å². The number of para-hydroxylation sites is 2. The Morgan fingerprint density at radius 2 is 1.85 bits per heavy atom. The normalized spacial score (nSPS) is 16.1. The molecule has 0 radical (unpaired) electrons. The Balaban J connectivity index is 1.68. The third-order valence-corrected chi connectivity index (χ3v) is 5.46. The molecule has 1 amide bonds. The van der Waals surface area contributed by atoms with Gasteiger partial charge in [-0.3, -0.25) is 4.79 Å². The number of carbonyl (C=O) groups excluding carboxylic acids is 1. The summed E-state index contributed by atoms with van der Waals surface area (Å²) < 4.78 is 29.9. The third-order valence-electron chi connectivity index (χ3n) is 4.15. The van der Waals surface area contributed by atoms with Gasteiger partial charge < -0.3 is 14.6 Å². The van der Waals surface area contributed by atoms with Crippen molar-refractivity contribution in [1.82, 2.24) is 4.31 Å². The predicted molar refractivity (Wildman–Crippen MR) is 101 cm³/mol. The molecule has 26 heavy (non-hydrogen) atoms. The van der Waals surface area contributed by atoms with E-state index in [0.29, 0.717) is 37.6 Å². The van der Waals surface area contributed by atoms with Crippen LogP contribution in [-0.4, -0.2) is 51.1 Å². The Bertz CT molecular complexity index is 883. The molecule has 3 rings (SSSR count). The van der Waals surface area contributed by atoms with E-state index in [4.69, 9.17) is 4.42 Å². The number of furan rings is 1. The first-order valence-corrected chi connectivity index (χ1v) is 10.1. The molecule has 0 spiro atoms. The lowest BCUT2D eigenvalue weighted by atomic mass is 10.2. The smallest absolute Gasteiger partial charge is 0.248 e. The molecule has 2 aromatic rings. The van der Waals surface area contributed by atoms with Crippen molar-refractivity contribution in [2.24, 2.45) is 0 Å². The summed E-state index contributed by atoms with van der Waals surface area (Å²) in [6.45, 7) is 2.00. The molecule has 138 valence electrons. The largest absolute Gasteiger partial charge is 0.465 e. The first kappa shape index (κ1) is 18.2. The Kier molecular flexibility index (Phi) is 5.43. The van der Waals surface area contributed by atoms with Crippen LogP contribution < -0.4 is 10.2 Å². The molecule has 7 nitrogen and oxygen atoms in total. The molecular formula is C18H21N3O4S. The lowest BCUT2D eigenvalue weighted by Crippen LogP contribution is -2.48. The summed E-state index contributed by atoms with van der Waals surface area (Å²) in [5.41, 5.74) is 1.56. The number of rotatable bonds is 5. The van der Waals surface area contributed by atoms with Crippen molar-refractivity contribution in [3.05, 3.63) is 54.5 Å². The number of piperazine rings is 1. The zero-order valence-electron chi connectivity index (χ0n) is 14.5. The van der Waals surface area contributed by atoms with E-state index in [0.717, 1.165) is 5.69 Å². The van der Waals surface area contributed by atoms with Crippen LogP contribution in [0.25, 0.3) is 6.08 Å². The average Bonchev–Trinajstić information content (AvgIpc) is 3.13. The number of benzene rings is 1. The second kappa shape index (κ2) is 7.76. The van der Waals surface area contributed by atoms with Gasteiger partial charge in [-0.25, -0.2) is 8.42 Å². The molecule has 0 unspecified atom stereocenters. The van der Waals surface area contributed by atoms with Crippen molar-refractivity contribution in [2.45, 2.75) is 0 Å². The maximum absolute atomic E-state index is 12.2. The Labute approximate surface area is 152 Å². The number of anilines is 2. The van der Waals surface area contributed by atoms with Gasteiger partial charge in [0.1, 0.15) is 5.76 Å². The predicted octanol–water partition coefficient (Wildman–Crippen LogP) is 2.01. The zero-order valence-corrected chi connectivity index (χ0v) is 15.3. The summed E-state index contributed by atoms with van der Waals surface area (Å²) >= 11 is 0. The fourth-order valence-corrected chi connectivity index (χ4v) is 3.66. The summed E-state index contributed by atoms with van der Waals surface area (Å²) in [7, 11) is -3.17. The minimum atomic E-state index is -3.17. The van der Waals surface area contributed by atoms with Crippen LogP contribution in [0.4, 0.5) is 11.4 Å². The minimum absolute atomic E-state index is 0.261. The fourth-order valence-electron chi connectivity index (χ4n) is 2.83. The lowest BCUT2D eigenvalue weighted by Gasteiger charge is -2.35. The molecule has 8 heteroatoms. The highest BCUT2D eigenvalue weighted by Crippen LogP contribution is 2.27. The van der Waals surface area contributed by atoms with Gasteiger partial charge in [0.2, 0.25) is 15.9 Å². The van der Waals surface area contributed by atoms with Crippen LogP contribution in [-0.2, 0) is 14.8 Å². The van der Waals surface area contributed by atoms with Gasteiger partial charge in [0.05, 0.1) is 23.9 Å². The van der Waals surface area contributed by atoms with Gasteiger partial charge in [-0.2, -0.15) is 4.31 Å². The van der Waals surface area contributed by atoms with E-state index in [1.165, 1.54) is 16.6 Å². The van der Waals surface area contributed by atoms with Gasteiger partial charge in [0, 0.05) is 32.3 Å².